The Labute approximate surface area is 120 Å². The summed E-state index contributed by atoms with van der Waals surface area (Å²) in [5.41, 5.74) is 0.928. The van der Waals surface area contributed by atoms with Gasteiger partial charge in [0.15, 0.2) is 0 Å². The molecule has 1 heterocycles. The SMILES string of the molecule is CC(C)Oc1ccccc1CC(=O)N1CCC(O)CC1. The van der Waals surface area contributed by atoms with Gasteiger partial charge in [0.25, 0.3) is 0 Å². The number of hydrogen-bond acceptors (Lipinski definition) is 3. The Bertz CT molecular complexity index is 451. The van der Waals surface area contributed by atoms with Gasteiger partial charge in [-0.15, -0.1) is 0 Å². The molecule has 20 heavy (non-hydrogen) atoms. The molecule has 0 unspecified atom stereocenters. The van der Waals surface area contributed by atoms with Crippen LogP contribution in [-0.4, -0.2) is 41.2 Å². The van der Waals surface area contributed by atoms with Crippen LogP contribution in [-0.2, 0) is 11.2 Å². The molecule has 0 spiro atoms. The Morgan fingerprint density at radius 2 is 2.00 bits per heavy atom. The first-order valence-corrected chi connectivity index (χ1v) is 7.26. The lowest BCUT2D eigenvalue weighted by Gasteiger charge is -2.29. The Kier molecular flexibility index (Phi) is 5.01. The van der Waals surface area contributed by atoms with E-state index in [1.54, 1.807) is 0 Å². The Morgan fingerprint density at radius 1 is 1.35 bits per heavy atom. The fourth-order valence-corrected chi connectivity index (χ4v) is 2.41. The van der Waals surface area contributed by atoms with Crippen molar-refractivity contribution >= 4 is 5.91 Å². The Hall–Kier alpha value is -1.55. The number of piperidine rings is 1. The van der Waals surface area contributed by atoms with Gasteiger partial charge in [0.05, 0.1) is 18.6 Å². The number of ether oxygens (including phenoxy) is 1. The molecule has 1 amide bonds. The zero-order chi connectivity index (χ0) is 14.5. The minimum Gasteiger partial charge on any atom is -0.491 e. The molecule has 1 N–H and O–H groups in total. The average Bonchev–Trinajstić information content (AvgIpc) is 2.41. The molecule has 0 atom stereocenters. The summed E-state index contributed by atoms with van der Waals surface area (Å²) in [6.45, 7) is 5.25. The number of para-hydroxylation sites is 1. The fourth-order valence-electron chi connectivity index (χ4n) is 2.41. The van der Waals surface area contributed by atoms with Gasteiger partial charge in [-0.3, -0.25) is 4.79 Å². The number of hydrogen-bond donors (Lipinski definition) is 1. The van der Waals surface area contributed by atoms with Gasteiger partial charge in [-0.1, -0.05) is 18.2 Å². The third-order valence-corrected chi connectivity index (χ3v) is 3.49. The van der Waals surface area contributed by atoms with Crippen molar-refractivity contribution in [3.63, 3.8) is 0 Å². The highest BCUT2D eigenvalue weighted by Gasteiger charge is 2.22. The van der Waals surface area contributed by atoms with E-state index in [2.05, 4.69) is 0 Å². The van der Waals surface area contributed by atoms with E-state index in [-0.39, 0.29) is 18.1 Å². The van der Waals surface area contributed by atoms with E-state index in [1.165, 1.54) is 0 Å². The van der Waals surface area contributed by atoms with Crippen LogP contribution in [0, 0.1) is 0 Å². The number of amides is 1. The van der Waals surface area contributed by atoms with Crippen LogP contribution in [0.2, 0.25) is 0 Å². The molecule has 0 aliphatic carbocycles. The summed E-state index contributed by atoms with van der Waals surface area (Å²) in [6.07, 6.45) is 1.55. The summed E-state index contributed by atoms with van der Waals surface area (Å²) in [4.78, 5) is 14.1. The lowest BCUT2D eigenvalue weighted by Crippen LogP contribution is -2.40. The summed E-state index contributed by atoms with van der Waals surface area (Å²) in [6, 6.07) is 7.69. The number of aliphatic hydroxyl groups excluding tert-OH is 1. The van der Waals surface area contributed by atoms with Gasteiger partial charge in [-0.05, 0) is 32.8 Å². The minimum atomic E-state index is -0.254. The van der Waals surface area contributed by atoms with Crippen LogP contribution in [0.4, 0.5) is 0 Å². The molecule has 4 nitrogen and oxygen atoms in total. The third kappa shape index (κ3) is 3.97. The zero-order valence-electron chi connectivity index (χ0n) is 12.2. The highest BCUT2D eigenvalue weighted by atomic mass is 16.5. The molecule has 110 valence electrons. The van der Waals surface area contributed by atoms with Crippen molar-refractivity contribution in [2.45, 2.75) is 45.3 Å². The van der Waals surface area contributed by atoms with E-state index in [4.69, 9.17) is 4.74 Å². The molecule has 0 radical (unpaired) electrons. The molecule has 4 heteroatoms. The third-order valence-electron chi connectivity index (χ3n) is 3.49. The zero-order valence-corrected chi connectivity index (χ0v) is 12.2. The summed E-state index contributed by atoms with van der Waals surface area (Å²) in [5, 5.41) is 9.48. The van der Waals surface area contributed by atoms with Crippen LogP contribution in [0.25, 0.3) is 0 Å². The monoisotopic (exact) mass is 277 g/mol. The molecular weight excluding hydrogens is 254 g/mol. The maximum atomic E-state index is 12.3. The van der Waals surface area contributed by atoms with E-state index in [0.717, 1.165) is 11.3 Å². The topological polar surface area (TPSA) is 49.8 Å². The van der Waals surface area contributed by atoms with Crippen molar-refractivity contribution < 1.29 is 14.6 Å². The van der Waals surface area contributed by atoms with Gasteiger partial charge in [-0.2, -0.15) is 0 Å². The molecule has 1 aromatic rings. The smallest absolute Gasteiger partial charge is 0.227 e. The number of carbonyl (C=O) groups excluding carboxylic acids is 1. The van der Waals surface area contributed by atoms with Crippen molar-refractivity contribution in [2.24, 2.45) is 0 Å². The highest BCUT2D eigenvalue weighted by molar-refractivity contribution is 5.79. The van der Waals surface area contributed by atoms with Crippen molar-refractivity contribution in [2.75, 3.05) is 13.1 Å². The molecule has 1 aromatic carbocycles. The predicted octanol–water partition coefficient (Wildman–Crippen LogP) is 2.00. The fraction of sp³-hybridized carbons (Fsp3) is 0.562. The lowest BCUT2D eigenvalue weighted by atomic mass is 10.1. The van der Waals surface area contributed by atoms with Crippen molar-refractivity contribution in [1.29, 1.82) is 0 Å². The molecule has 2 rings (SSSR count). The molecule has 0 aromatic heterocycles. The van der Waals surface area contributed by atoms with E-state index in [1.807, 2.05) is 43.0 Å². The summed E-state index contributed by atoms with van der Waals surface area (Å²) >= 11 is 0. The quantitative estimate of drug-likeness (QED) is 0.915. The van der Waals surface area contributed by atoms with Crippen LogP contribution in [0.3, 0.4) is 0 Å². The number of likely N-dealkylation sites (tertiary alicyclic amines) is 1. The second-order valence-corrected chi connectivity index (χ2v) is 5.56. The number of aliphatic hydroxyl groups is 1. The van der Waals surface area contributed by atoms with Crippen LogP contribution >= 0.6 is 0 Å². The number of benzene rings is 1. The summed E-state index contributed by atoms with van der Waals surface area (Å²) < 4.78 is 5.74. The van der Waals surface area contributed by atoms with E-state index in [0.29, 0.717) is 32.4 Å². The van der Waals surface area contributed by atoms with Crippen molar-refractivity contribution in [3.8, 4) is 5.75 Å². The van der Waals surface area contributed by atoms with Crippen LogP contribution < -0.4 is 4.74 Å². The predicted molar refractivity (Wildman–Crippen MR) is 77.7 cm³/mol. The normalized spacial score (nSPS) is 16.5. The average molecular weight is 277 g/mol. The molecule has 1 aliphatic heterocycles. The van der Waals surface area contributed by atoms with Gasteiger partial charge in [-0.25, -0.2) is 0 Å². The van der Waals surface area contributed by atoms with Crippen molar-refractivity contribution in [3.05, 3.63) is 29.8 Å². The van der Waals surface area contributed by atoms with Gasteiger partial charge in [0, 0.05) is 18.7 Å². The maximum absolute atomic E-state index is 12.3. The number of nitrogens with zero attached hydrogens (tertiary/aromatic N) is 1. The Balaban J connectivity index is 2.00. The first kappa shape index (κ1) is 14.9. The minimum absolute atomic E-state index is 0.0939. The molecular formula is C16H23NO3. The number of carbonyl (C=O) groups is 1. The summed E-state index contributed by atoms with van der Waals surface area (Å²) in [7, 11) is 0. The van der Waals surface area contributed by atoms with Gasteiger partial charge in [0.1, 0.15) is 5.75 Å². The van der Waals surface area contributed by atoms with Crippen LogP contribution in [0.5, 0.6) is 5.75 Å². The first-order chi connectivity index (χ1) is 9.56. The largest absolute Gasteiger partial charge is 0.491 e. The van der Waals surface area contributed by atoms with Crippen LogP contribution in [0.1, 0.15) is 32.3 Å². The molecule has 0 bridgehead atoms. The molecule has 1 fully saturated rings. The summed E-state index contributed by atoms with van der Waals surface area (Å²) in [5.74, 6) is 0.893. The maximum Gasteiger partial charge on any atom is 0.227 e. The number of rotatable bonds is 4. The lowest BCUT2D eigenvalue weighted by molar-refractivity contribution is -0.132. The second-order valence-electron chi connectivity index (χ2n) is 5.56. The first-order valence-electron chi connectivity index (χ1n) is 7.26. The van der Waals surface area contributed by atoms with Crippen molar-refractivity contribution in [1.82, 2.24) is 4.90 Å². The molecule has 1 saturated heterocycles. The van der Waals surface area contributed by atoms with E-state index in [9.17, 15) is 9.90 Å². The van der Waals surface area contributed by atoms with Gasteiger partial charge >= 0.3 is 0 Å². The standard InChI is InChI=1S/C16H23NO3/c1-12(2)20-15-6-4-3-5-13(15)11-16(19)17-9-7-14(18)8-10-17/h3-6,12,14,18H,7-11H2,1-2H3. The molecule has 1 aliphatic rings. The van der Waals surface area contributed by atoms with E-state index >= 15 is 0 Å². The molecule has 0 saturated carbocycles. The van der Waals surface area contributed by atoms with Crippen LogP contribution in [0.15, 0.2) is 24.3 Å². The van der Waals surface area contributed by atoms with Gasteiger partial charge < -0.3 is 14.7 Å². The second kappa shape index (κ2) is 6.75. The Morgan fingerprint density at radius 3 is 2.65 bits per heavy atom. The highest BCUT2D eigenvalue weighted by Crippen LogP contribution is 2.21. The van der Waals surface area contributed by atoms with E-state index < -0.39 is 0 Å². The van der Waals surface area contributed by atoms with Gasteiger partial charge in [0.2, 0.25) is 5.91 Å².